The standard InChI is InChI=1S/C11H17N3S.H2O4S/c12-8-4-5-9-15-11(13)14-10-6-2-1-3-7-10;1-5(2,3)4/h1-3,6-7H,4-5,8-9,12H2,(H2,13,14);(H2,1,2,3,4). The molecule has 0 heterocycles. The summed E-state index contributed by atoms with van der Waals surface area (Å²) >= 11 is 1.58. The molecule has 7 nitrogen and oxygen atoms in total. The maximum Gasteiger partial charge on any atom is 0.394 e. The third-order valence-electron chi connectivity index (χ3n) is 1.84. The van der Waals surface area contributed by atoms with E-state index in [9.17, 15) is 0 Å². The highest BCUT2D eigenvalue weighted by Gasteiger charge is 1.94. The Labute approximate surface area is 123 Å². The average molecular weight is 321 g/mol. The summed E-state index contributed by atoms with van der Waals surface area (Å²) < 4.78 is 31.6. The van der Waals surface area contributed by atoms with Crippen molar-refractivity contribution in [1.29, 1.82) is 0 Å². The van der Waals surface area contributed by atoms with Crippen molar-refractivity contribution in [3.63, 3.8) is 0 Å². The fourth-order valence-corrected chi connectivity index (χ4v) is 1.81. The van der Waals surface area contributed by atoms with E-state index in [-0.39, 0.29) is 0 Å². The molecule has 1 rings (SSSR count). The van der Waals surface area contributed by atoms with Gasteiger partial charge in [0, 0.05) is 5.75 Å². The third kappa shape index (κ3) is 14.9. The first-order chi connectivity index (χ1) is 9.33. The summed E-state index contributed by atoms with van der Waals surface area (Å²) in [7, 11) is -4.67. The van der Waals surface area contributed by atoms with Gasteiger partial charge in [0.25, 0.3) is 0 Å². The predicted molar refractivity (Wildman–Crippen MR) is 82.6 cm³/mol. The average Bonchev–Trinajstić information content (AvgIpc) is 2.34. The number of nitrogens with two attached hydrogens (primary N) is 2. The Morgan fingerprint density at radius 1 is 1.20 bits per heavy atom. The van der Waals surface area contributed by atoms with Crippen molar-refractivity contribution < 1.29 is 17.5 Å². The molecule has 1 aromatic carbocycles. The van der Waals surface area contributed by atoms with E-state index in [1.165, 1.54) is 0 Å². The highest BCUT2D eigenvalue weighted by atomic mass is 32.3. The largest absolute Gasteiger partial charge is 0.394 e. The number of hydrogen-bond acceptors (Lipinski definition) is 5. The van der Waals surface area contributed by atoms with Crippen LogP contribution in [0.2, 0.25) is 0 Å². The number of aliphatic imine (C=N–C) groups is 1. The first-order valence-electron chi connectivity index (χ1n) is 5.75. The second kappa shape index (κ2) is 10.6. The highest BCUT2D eigenvalue weighted by Crippen LogP contribution is 2.13. The molecule has 20 heavy (non-hydrogen) atoms. The van der Waals surface area contributed by atoms with Gasteiger partial charge in [-0.3, -0.25) is 9.11 Å². The van der Waals surface area contributed by atoms with Gasteiger partial charge in [-0.1, -0.05) is 30.0 Å². The maximum absolute atomic E-state index is 8.74. The van der Waals surface area contributed by atoms with Crippen LogP contribution in [0.3, 0.4) is 0 Å². The number of amidine groups is 1. The third-order valence-corrected chi connectivity index (χ3v) is 2.72. The lowest BCUT2D eigenvalue weighted by Gasteiger charge is -2.00. The lowest BCUT2D eigenvalue weighted by Crippen LogP contribution is -2.07. The van der Waals surface area contributed by atoms with Crippen LogP contribution in [0.25, 0.3) is 0 Å². The number of nitrogens with zero attached hydrogens (tertiary/aromatic N) is 1. The molecule has 0 saturated carbocycles. The molecule has 0 bridgehead atoms. The van der Waals surface area contributed by atoms with Gasteiger partial charge in [-0.2, -0.15) is 8.42 Å². The van der Waals surface area contributed by atoms with Crippen molar-refractivity contribution in [3.8, 4) is 0 Å². The number of benzene rings is 1. The van der Waals surface area contributed by atoms with E-state index in [1.807, 2.05) is 30.3 Å². The van der Waals surface area contributed by atoms with Crippen LogP contribution in [0.15, 0.2) is 35.3 Å². The first kappa shape index (κ1) is 18.9. The summed E-state index contributed by atoms with van der Waals surface area (Å²) in [6.07, 6.45) is 2.14. The topological polar surface area (TPSA) is 139 Å². The molecule has 0 unspecified atom stereocenters. The number of unbranched alkanes of at least 4 members (excludes halogenated alkanes) is 1. The van der Waals surface area contributed by atoms with Crippen molar-refractivity contribution in [2.24, 2.45) is 16.5 Å². The van der Waals surface area contributed by atoms with Gasteiger partial charge in [0.05, 0.1) is 5.69 Å². The van der Waals surface area contributed by atoms with Gasteiger partial charge >= 0.3 is 10.4 Å². The van der Waals surface area contributed by atoms with Crippen molar-refractivity contribution in [2.75, 3.05) is 12.3 Å². The van der Waals surface area contributed by atoms with Crippen LogP contribution in [0.1, 0.15) is 12.8 Å². The smallest absolute Gasteiger partial charge is 0.378 e. The van der Waals surface area contributed by atoms with Gasteiger partial charge in [0.15, 0.2) is 5.17 Å². The van der Waals surface area contributed by atoms with E-state index >= 15 is 0 Å². The molecule has 0 amide bonds. The number of rotatable bonds is 5. The Bertz CT molecular complexity index is 484. The zero-order chi connectivity index (χ0) is 15.4. The summed E-state index contributed by atoms with van der Waals surface area (Å²) in [5.74, 6) is 0.985. The monoisotopic (exact) mass is 321 g/mol. The van der Waals surface area contributed by atoms with E-state index in [4.69, 9.17) is 29.0 Å². The van der Waals surface area contributed by atoms with Crippen molar-refractivity contribution in [2.45, 2.75) is 12.8 Å². The summed E-state index contributed by atoms with van der Waals surface area (Å²) in [6.45, 7) is 0.746. The van der Waals surface area contributed by atoms with Crippen LogP contribution in [0.4, 0.5) is 5.69 Å². The minimum absolute atomic E-state index is 0.623. The number of thioether (sulfide) groups is 1. The molecule has 114 valence electrons. The summed E-state index contributed by atoms with van der Waals surface area (Å²) in [6, 6.07) is 9.74. The van der Waals surface area contributed by atoms with Crippen LogP contribution >= 0.6 is 11.8 Å². The SMILES string of the molecule is NCCCCSC(N)=Nc1ccccc1.O=S(=O)(O)O. The fourth-order valence-electron chi connectivity index (χ4n) is 1.09. The van der Waals surface area contributed by atoms with Gasteiger partial charge in [-0.05, 0) is 31.5 Å². The van der Waals surface area contributed by atoms with Gasteiger partial charge in [-0.15, -0.1) is 0 Å². The molecule has 0 aliphatic carbocycles. The minimum atomic E-state index is -4.67. The normalized spacial score (nSPS) is 11.7. The van der Waals surface area contributed by atoms with Crippen LogP contribution in [0.5, 0.6) is 0 Å². The van der Waals surface area contributed by atoms with E-state index < -0.39 is 10.4 Å². The van der Waals surface area contributed by atoms with E-state index in [0.717, 1.165) is 30.8 Å². The first-order valence-corrected chi connectivity index (χ1v) is 8.13. The molecule has 1 aromatic rings. The minimum Gasteiger partial charge on any atom is -0.378 e. The molecule has 0 radical (unpaired) electrons. The van der Waals surface area contributed by atoms with Gasteiger partial charge in [-0.25, -0.2) is 4.99 Å². The van der Waals surface area contributed by atoms with Crippen LogP contribution in [-0.2, 0) is 10.4 Å². The summed E-state index contributed by atoms with van der Waals surface area (Å²) in [5.41, 5.74) is 12.1. The predicted octanol–water partition coefficient (Wildman–Crippen LogP) is 1.45. The Morgan fingerprint density at radius 3 is 2.25 bits per heavy atom. The molecule has 0 aliphatic rings. The van der Waals surface area contributed by atoms with Crippen LogP contribution in [-0.4, -0.2) is 35.0 Å². The van der Waals surface area contributed by atoms with Crippen molar-refractivity contribution in [1.82, 2.24) is 0 Å². The fraction of sp³-hybridized carbons (Fsp3) is 0.364. The molecule has 0 saturated heterocycles. The Kier molecular flexibility index (Phi) is 10.0. The molecular weight excluding hydrogens is 302 g/mol. The number of para-hydroxylation sites is 1. The Morgan fingerprint density at radius 2 is 1.75 bits per heavy atom. The summed E-state index contributed by atoms with van der Waals surface area (Å²) in [5, 5.41) is 0.623. The van der Waals surface area contributed by atoms with Gasteiger partial charge < -0.3 is 11.5 Å². The lowest BCUT2D eigenvalue weighted by atomic mass is 10.3. The second-order valence-corrected chi connectivity index (χ2v) is 5.59. The molecule has 0 aromatic heterocycles. The zero-order valence-electron chi connectivity index (χ0n) is 10.8. The van der Waals surface area contributed by atoms with E-state index in [2.05, 4.69) is 4.99 Å². The van der Waals surface area contributed by atoms with Crippen molar-refractivity contribution >= 4 is 33.0 Å². The van der Waals surface area contributed by atoms with Crippen molar-refractivity contribution in [3.05, 3.63) is 30.3 Å². The number of hydrogen-bond donors (Lipinski definition) is 4. The van der Waals surface area contributed by atoms with Gasteiger partial charge in [0.2, 0.25) is 0 Å². The summed E-state index contributed by atoms with van der Waals surface area (Å²) in [4.78, 5) is 4.28. The van der Waals surface area contributed by atoms with E-state index in [1.54, 1.807) is 11.8 Å². The molecule has 9 heteroatoms. The molecule has 0 aliphatic heterocycles. The second-order valence-electron chi connectivity index (χ2n) is 3.58. The molecular formula is C11H19N3O4S2. The molecule has 0 spiro atoms. The Balaban J connectivity index is 0.000000621. The highest BCUT2D eigenvalue weighted by molar-refractivity contribution is 8.13. The maximum atomic E-state index is 8.74. The van der Waals surface area contributed by atoms with Crippen LogP contribution in [0, 0.1) is 0 Å². The van der Waals surface area contributed by atoms with Crippen LogP contribution < -0.4 is 11.5 Å². The Hall–Kier alpha value is -1.13. The van der Waals surface area contributed by atoms with E-state index in [0.29, 0.717) is 5.17 Å². The molecule has 0 atom stereocenters. The zero-order valence-corrected chi connectivity index (χ0v) is 12.5. The molecule has 0 fully saturated rings. The lowest BCUT2D eigenvalue weighted by molar-refractivity contribution is 0.381. The quantitative estimate of drug-likeness (QED) is 0.278. The van der Waals surface area contributed by atoms with Gasteiger partial charge in [0.1, 0.15) is 0 Å². The molecule has 6 N–H and O–H groups in total.